The number of rotatable bonds is 4. The summed E-state index contributed by atoms with van der Waals surface area (Å²) in [5.41, 5.74) is 6.91. The molecule has 0 saturated carbocycles. The van der Waals surface area contributed by atoms with Gasteiger partial charge in [0.2, 0.25) is 0 Å². The Balaban J connectivity index is 1.50. The molecule has 0 fully saturated rings. The molecule has 2 N–H and O–H groups in total. The molecule has 0 bridgehead atoms. The molecule has 6 aromatic rings. The van der Waals surface area contributed by atoms with Crippen LogP contribution in [0.2, 0.25) is 0 Å². The molecule has 0 saturated heterocycles. The van der Waals surface area contributed by atoms with Crippen molar-refractivity contribution < 1.29 is 9.13 Å². The zero-order chi connectivity index (χ0) is 23.4. The van der Waals surface area contributed by atoms with E-state index in [1.54, 1.807) is 6.20 Å². The second-order valence-electron chi connectivity index (χ2n) is 8.27. The summed E-state index contributed by atoms with van der Waals surface area (Å²) in [5.74, 6) is 1.06. The van der Waals surface area contributed by atoms with Crippen molar-refractivity contribution in [3.63, 3.8) is 0 Å². The molecule has 6 rings (SSSR count). The summed E-state index contributed by atoms with van der Waals surface area (Å²) in [4.78, 5) is 12.3. The predicted molar refractivity (Wildman–Crippen MR) is 130 cm³/mol. The number of aromatic amines is 2. The second-order valence-corrected chi connectivity index (χ2v) is 8.27. The number of fused-ring (bicyclic) bond motifs is 2. The maximum Gasteiger partial charge on any atom is 0.138 e. The van der Waals surface area contributed by atoms with Crippen LogP contribution in [0.25, 0.3) is 55.7 Å². The summed E-state index contributed by atoms with van der Waals surface area (Å²) in [5, 5.41) is 9.56. The van der Waals surface area contributed by atoms with Crippen molar-refractivity contribution >= 4 is 21.9 Å². The minimum atomic E-state index is -0.355. The molecule has 0 atom stereocenters. The molecule has 4 heterocycles. The van der Waals surface area contributed by atoms with Crippen LogP contribution in [0, 0.1) is 12.7 Å². The monoisotopic (exact) mass is 452 g/mol. The number of aryl methyl sites for hydroxylation is 1. The van der Waals surface area contributed by atoms with E-state index in [0.29, 0.717) is 11.4 Å². The van der Waals surface area contributed by atoms with Crippen LogP contribution < -0.4 is 4.74 Å². The molecule has 168 valence electrons. The fraction of sp³-hybridized carbons (Fsp3) is 0.115. The number of hydrogen-bond acceptors (Lipinski definition) is 4. The highest BCUT2D eigenvalue weighted by molar-refractivity contribution is 6.00. The van der Waals surface area contributed by atoms with Gasteiger partial charge in [0.05, 0.1) is 30.2 Å². The van der Waals surface area contributed by atoms with Gasteiger partial charge in [-0.15, -0.1) is 0 Å². The standard InChI is InChI=1S/C26H21FN6O/c1-14-29-13-24(33(14)2)15-4-5-22-21(10-15)25(32-31-22)23-12-20-19(6-7-28-26(20)30-23)16-8-17(27)11-18(9-16)34-3/h4-13H,1-3H3,(H,28,30)(H,31,32). The van der Waals surface area contributed by atoms with Crippen LogP contribution in [0.1, 0.15) is 5.82 Å². The number of aromatic nitrogens is 6. The Hall–Kier alpha value is -4.46. The van der Waals surface area contributed by atoms with Crippen LogP contribution in [0.3, 0.4) is 0 Å². The van der Waals surface area contributed by atoms with Crippen molar-refractivity contribution in [3.05, 3.63) is 72.6 Å². The van der Waals surface area contributed by atoms with Crippen molar-refractivity contribution in [2.75, 3.05) is 7.11 Å². The number of ether oxygens (including phenoxy) is 1. The molecule has 7 nitrogen and oxygen atoms in total. The Bertz CT molecular complexity index is 1690. The van der Waals surface area contributed by atoms with E-state index in [1.807, 2.05) is 44.4 Å². The zero-order valence-electron chi connectivity index (χ0n) is 18.8. The van der Waals surface area contributed by atoms with Crippen molar-refractivity contribution in [1.82, 2.24) is 29.7 Å². The first-order valence-electron chi connectivity index (χ1n) is 10.8. The predicted octanol–water partition coefficient (Wildman–Crippen LogP) is 5.63. The number of H-pyrrole nitrogens is 2. The Morgan fingerprint density at radius 1 is 0.971 bits per heavy atom. The van der Waals surface area contributed by atoms with Crippen LogP contribution in [0.5, 0.6) is 5.75 Å². The smallest absolute Gasteiger partial charge is 0.138 e. The fourth-order valence-electron chi connectivity index (χ4n) is 4.39. The molecule has 0 amide bonds. The summed E-state index contributed by atoms with van der Waals surface area (Å²) >= 11 is 0. The Morgan fingerprint density at radius 2 is 1.85 bits per heavy atom. The van der Waals surface area contributed by atoms with E-state index < -0.39 is 0 Å². The molecule has 4 aromatic heterocycles. The van der Waals surface area contributed by atoms with E-state index in [9.17, 15) is 4.39 Å². The van der Waals surface area contributed by atoms with Gasteiger partial charge in [0, 0.05) is 35.6 Å². The quantitative estimate of drug-likeness (QED) is 0.363. The Morgan fingerprint density at radius 3 is 2.65 bits per heavy atom. The minimum Gasteiger partial charge on any atom is -0.497 e. The van der Waals surface area contributed by atoms with Crippen LogP contribution in [-0.4, -0.2) is 36.8 Å². The number of methoxy groups -OCH3 is 1. The van der Waals surface area contributed by atoms with Gasteiger partial charge in [-0.1, -0.05) is 6.07 Å². The summed E-state index contributed by atoms with van der Waals surface area (Å²) in [6.45, 7) is 1.98. The molecule has 0 aliphatic rings. The summed E-state index contributed by atoms with van der Waals surface area (Å²) < 4.78 is 21.5. The molecular formula is C26H21FN6O. The van der Waals surface area contributed by atoms with Gasteiger partial charge in [0.25, 0.3) is 0 Å². The number of halogens is 1. The highest BCUT2D eigenvalue weighted by atomic mass is 19.1. The van der Waals surface area contributed by atoms with E-state index in [4.69, 9.17) is 4.74 Å². The van der Waals surface area contributed by atoms with Gasteiger partial charge in [-0.3, -0.25) is 5.10 Å². The van der Waals surface area contributed by atoms with Crippen LogP contribution >= 0.6 is 0 Å². The minimum absolute atomic E-state index is 0.355. The van der Waals surface area contributed by atoms with E-state index >= 15 is 0 Å². The molecule has 0 unspecified atom stereocenters. The van der Waals surface area contributed by atoms with Gasteiger partial charge in [0.15, 0.2) is 0 Å². The van der Waals surface area contributed by atoms with Crippen molar-refractivity contribution in [3.8, 4) is 39.5 Å². The Kier molecular flexibility index (Phi) is 4.48. The molecule has 0 aliphatic carbocycles. The fourth-order valence-corrected chi connectivity index (χ4v) is 4.39. The average Bonchev–Trinajstić information content (AvgIpc) is 3.54. The van der Waals surface area contributed by atoms with E-state index in [0.717, 1.165) is 55.9 Å². The number of imidazole rings is 1. The lowest BCUT2D eigenvalue weighted by Gasteiger charge is -2.06. The van der Waals surface area contributed by atoms with Crippen LogP contribution in [-0.2, 0) is 7.05 Å². The topological polar surface area (TPSA) is 84.4 Å². The molecule has 2 aromatic carbocycles. The lowest BCUT2D eigenvalue weighted by Crippen LogP contribution is -1.94. The maximum absolute atomic E-state index is 14.2. The number of nitrogens with one attached hydrogen (secondary N) is 2. The lowest BCUT2D eigenvalue weighted by molar-refractivity contribution is 0.411. The maximum atomic E-state index is 14.2. The third-order valence-electron chi connectivity index (χ3n) is 6.28. The number of nitrogens with zero attached hydrogens (tertiary/aromatic N) is 4. The average molecular weight is 452 g/mol. The van der Waals surface area contributed by atoms with Crippen LogP contribution in [0.15, 0.2) is 60.9 Å². The summed E-state index contributed by atoms with van der Waals surface area (Å²) in [6, 6.07) is 14.7. The van der Waals surface area contributed by atoms with Gasteiger partial charge >= 0.3 is 0 Å². The van der Waals surface area contributed by atoms with E-state index in [2.05, 4.69) is 41.8 Å². The van der Waals surface area contributed by atoms with Gasteiger partial charge in [-0.25, -0.2) is 14.4 Å². The Labute approximate surface area is 194 Å². The van der Waals surface area contributed by atoms with Crippen molar-refractivity contribution in [2.45, 2.75) is 6.92 Å². The third-order valence-corrected chi connectivity index (χ3v) is 6.28. The van der Waals surface area contributed by atoms with Gasteiger partial charge in [-0.05, 0) is 54.4 Å². The van der Waals surface area contributed by atoms with Crippen LogP contribution in [0.4, 0.5) is 4.39 Å². The molecule has 0 radical (unpaired) electrons. The molecule has 34 heavy (non-hydrogen) atoms. The summed E-state index contributed by atoms with van der Waals surface area (Å²) in [7, 11) is 3.53. The first-order valence-corrected chi connectivity index (χ1v) is 10.8. The SMILES string of the molecule is COc1cc(F)cc(-c2ccnc3[nH]c(-c4n[nH]c5ccc(-c6cnc(C)n6C)cc45)cc23)c1. The molecule has 0 spiro atoms. The van der Waals surface area contributed by atoms with Gasteiger partial charge in [0.1, 0.15) is 28.7 Å². The highest BCUT2D eigenvalue weighted by Crippen LogP contribution is 2.35. The van der Waals surface area contributed by atoms with E-state index in [1.165, 1.54) is 19.2 Å². The number of benzene rings is 2. The highest BCUT2D eigenvalue weighted by Gasteiger charge is 2.16. The molecule has 0 aliphatic heterocycles. The first-order chi connectivity index (χ1) is 16.5. The van der Waals surface area contributed by atoms with Crippen molar-refractivity contribution in [1.29, 1.82) is 0 Å². The van der Waals surface area contributed by atoms with Gasteiger partial charge < -0.3 is 14.3 Å². The van der Waals surface area contributed by atoms with Gasteiger partial charge in [-0.2, -0.15) is 5.10 Å². The molecular weight excluding hydrogens is 431 g/mol. The zero-order valence-corrected chi connectivity index (χ0v) is 18.8. The van der Waals surface area contributed by atoms with E-state index in [-0.39, 0.29) is 5.82 Å². The molecule has 8 heteroatoms. The largest absolute Gasteiger partial charge is 0.497 e. The first kappa shape index (κ1) is 20.2. The van der Waals surface area contributed by atoms with Crippen molar-refractivity contribution in [2.24, 2.45) is 7.05 Å². The lowest BCUT2D eigenvalue weighted by atomic mass is 10.0. The number of pyridine rings is 1. The second kappa shape index (κ2) is 7.55. The third kappa shape index (κ3) is 3.14. The normalized spacial score (nSPS) is 11.5. The summed E-state index contributed by atoms with van der Waals surface area (Å²) in [6.07, 6.45) is 3.59. The number of hydrogen-bond donors (Lipinski definition) is 2.